The van der Waals surface area contributed by atoms with E-state index in [2.05, 4.69) is 36.8 Å². The number of carboxylic acid groups (broad SMARTS) is 1. The van der Waals surface area contributed by atoms with Crippen molar-refractivity contribution in [2.75, 3.05) is 10.6 Å². The van der Waals surface area contributed by atoms with Crippen molar-refractivity contribution in [3.8, 4) is 17.3 Å². The van der Waals surface area contributed by atoms with Gasteiger partial charge in [0.1, 0.15) is 12.0 Å². The molecule has 0 saturated heterocycles. The number of aliphatic carboxylic acids is 1. The van der Waals surface area contributed by atoms with Gasteiger partial charge in [0.25, 0.3) is 0 Å². The van der Waals surface area contributed by atoms with Gasteiger partial charge in [0.15, 0.2) is 0 Å². The summed E-state index contributed by atoms with van der Waals surface area (Å²) < 4.78 is 33.5. The second kappa shape index (κ2) is 12.4. The maximum absolute atomic E-state index is 12.4. The smallest absolute Gasteiger partial charge is 0.475 e. The van der Waals surface area contributed by atoms with Crippen molar-refractivity contribution in [2.24, 2.45) is 0 Å². The minimum atomic E-state index is -5.08. The lowest BCUT2D eigenvalue weighted by Gasteiger charge is -2.16. The van der Waals surface area contributed by atoms with Crippen LogP contribution in [-0.2, 0) is 4.79 Å². The van der Waals surface area contributed by atoms with E-state index in [1.807, 2.05) is 67.0 Å². The number of nitrogens with one attached hydrogen (secondary N) is 3. The number of aromatic nitrogens is 5. The Kier molecular flexibility index (Phi) is 8.58. The van der Waals surface area contributed by atoms with Gasteiger partial charge in [-0.25, -0.2) is 19.6 Å². The Balaban J connectivity index is 0.000000493. The zero-order valence-corrected chi connectivity index (χ0v) is 21.0. The Morgan fingerprint density at radius 1 is 1.05 bits per heavy atom. The maximum Gasteiger partial charge on any atom is 0.490 e. The Labute approximate surface area is 230 Å². The van der Waals surface area contributed by atoms with Gasteiger partial charge in [-0.1, -0.05) is 30.3 Å². The predicted octanol–water partition coefficient (Wildman–Crippen LogP) is 5.60. The van der Waals surface area contributed by atoms with Crippen molar-refractivity contribution in [1.29, 1.82) is 5.26 Å². The molecular weight excluding hydrogens is 541 g/mol. The summed E-state index contributed by atoms with van der Waals surface area (Å²) in [7, 11) is 0. The number of nitrogens with zero attached hydrogens (tertiary/aromatic N) is 5. The van der Waals surface area contributed by atoms with Crippen molar-refractivity contribution in [3.63, 3.8) is 0 Å². The van der Waals surface area contributed by atoms with Crippen molar-refractivity contribution < 1.29 is 27.9 Å². The largest absolute Gasteiger partial charge is 0.490 e. The number of carboxylic acids is 1. The molecule has 1 atom stereocenters. The number of fused-ring (bicyclic) bond motifs is 1. The van der Waals surface area contributed by atoms with E-state index in [0.717, 1.165) is 27.9 Å². The highest BCUT2D eigenvalue weighted by Crippen LogP contribution is 2.28. The molecule has 0 spiro atoms. The topological polar surface area (TPSA) is 162 Å². The molecule has 2 aromatic carbocycles. The lowest BCUT2D eigenvalue weighted by molar-refractivity contribution is -0.192. The van der Waals surface area contributed by atoms with Crippen molar-refractivity contribution in [3.05, 3.63) is 91.1 Å². The van der Waals surface area contributed by atoms with Gasteiger partial charge in [0.05, 0.1) is 30.4 Å². The molecule has 14 heteroatoms. The number of carbonyl (C=O) groups is 2. The van der Waals surface area contributed by atoms with Crippen LogP contribution < -0.4 is 10.6 Å². The first-order valence-corrected chi connectivity index (χ1v) is 11.9. The molecule has 0 fully saturated rings. The molecule has 0 saturated carbocycles. The summed E-state index contributed by atoms with van der Waals surface area (Å²) in [6, 6.07) is 20.1. The molecule has 1 unspecified atom stereocenters. The van der Waals surface area contributed by atoms with E-state index >= 15 is 0 Å². The zero-order chi connectivity index (χ0) is 29.4. The first-order valence-electron chi connectivity index (χ1n) is 11.9. The fourth-order valence-electron chi connectivity index (χ4n) is 3.82. The Hall–Kier alpha value is -5.71. The van der Waals surface area contributed by atoms with Gasteiger partial charge in [0.2, 0.25) is 0 Å². The second-order valence-corrected chi connectivity index (χ2v) is 8.42. The average Bonchev–Trinajstić information content (AvgIpc) is 3.62. The number of alkyl halides is 3. The Morgan fingerprint density at radius 2 is 1.76 bits per heavy atom. The van der Waals surface area contributed by atoms with Crippen LogP contribution in [0.5, 0.6) is 0 Å². The van der Waals surface area contributed by atoms with E-state index in [9.17, 15) is 23.2 Å². The predicted molar refractivity (Wildman–Crippen MR) is 143 cm³/mol. The molecule has 4 N–H and O–H groups in total. The van der Waals surface area contributed by atoms with Crippen LogP contribution in [-0.4, -0.2) is 48.0 Å². The number of halogens is 3. The van der Waals surface area contributed by atoms with Gasteiger partial charge in [-0.05, 0) is 35.9 Å². The van der Waals surface area contributed by atoms with Crippen LogP contribution >= 0.6 is 0 Å². The molecule has 0 aliphatic heterocycles. The lowest BCUT2D eigenvalue weighted by atomic mass is 10.0. The summed E-state index contributed by atoms with van der Waals surface area (Å²) in [5.74, 6) is -2.76. The SMILES string of the molecule is N#CCC(c1cccc(NC(=O)Nc2ccccc2)c1)n1cc(-c2ncnc3[nH]ccc23)cn1.O=C(O)C(F)(F)F. The van der Waals surface area contributed by atoms with Crippen molar-refractivity contribution >= 4 is 34.4 Å². The summed E-state index contributed by atoms with van der Waals surface area (Å²) in [6.07, 6.45) is 2.06. The molecule has 0 aliphatic rings. The van der Waals surface area contributed by atoms with Crippen LogP contribution in [0, 0.1) is 11.3 Å². The number of hydrogen-bond donors (Lipinski definition) is 4. The number of urea groups is 1. The third kappa shape index (κ3) is 7.24. The van der Waals surface area contributed by atoms with E-state index in [1.165, 1.54) is 6.33 Å². The number of amides is 2. The van der Waals surface area contributed by atoms with Crippen LogP contribution in [0.15, 0.2) is 85.6 Å². The summed E-state index contributed by atoms with van der Waals surface area (Å²) >= 11 is 0. The third-order valence-corrected chi connectivity index (χ3v) is 5.64. The number of anilines is 2. The number of nitriles is 1. The standard InChI is InChI=1S/C25H20N8O.C2HF3O2/c26-11-9-22(33-15-18(14-30-33)23-21-10-12-27-24(21)29-16-28-23)17-5-4-8-20(13-17)32-25(34)31-19-6-2-1-3-7-19;3-2(4,5)1(6)7/h1-8,10,12-16,22H,9H2,(H,27,28,29)(H2,31,32,34);(H,6,7). The number of carbonyl (C=O) groups excluding carboxylic acids is 1. The van der Waals surface area contributed by atoms with Gasteiger partial charge in [-0.15, -0.1) is 0 Å². The van der Waals surface area contributed by atoms with E-state index in [1.54, 1.807) is 16.9 Å². The molecule has 41 heavy (non-hydrogen) atoms. The van der Waals surface area contributed by atoms with Gasteiger partial charge in [0, 0.05) is 34.7 Å². The molecule has 3 heterocycles. The molecular formula is C27H21F3N8O3. The van der Waals surface area contributed by atoms with Gasteiger partial charge >= 0.3 is 18.2 Å². The monoisotopic (exact) mass is 562 g/mol. The quantitative estimate of drug-likeness (QED) is 0.209. The maximum atomic E-state index is 12.4. The summed E-state index contributed by atoms with van der Waals surface area (Å²) in [5.41, 5.74) is 4.50. The Morgan fingerprint density at radius 3 is 2.46 bits per heavy atom. The van der Waals surface area contributed by atoms with E-state index < -0.39 is 12.1 Å². The second-order valence-electron chi connectivity index (χ2n) is 8.42. The first-order chi connectivity index (χ1) is 19.7. The summed E-state index contributed by atoms with van der Waals surface area (Å²) in [5, 5.41) is 27.7. The molecule has 0 bridgehead atoms. The highest BCUT2D eigenvalue weighted by atomic mass is 19.4. The first kappa shape index (κ1) is 28.3. The Bertz CT molecular complexity index is 1690. The number of benzene rings is 2. The van der Waals surface area contributed by atoms with E-state index in [-0.39, 0.29) is 18.5 Å². The fraction of sp³-hybridized carbons (Fsp3) is 0.111. The van der Waals surface area contributed by atoms with Crippen LogP contribution in [0.2, 0.25) is 0 Å². The normalized spacial score (nSPS) is 11.6. The summed E-state index contributed by atoms with van der Waals surface area (Å²) in [4.78, 5) is 33.0. The number of rotatable bonds is 6. The number of hydrogen-bond acceptors (Lipinski definition) is 6. The minimum absolute atomic E-state index is 0.212. The molecule has 2 amide bonds. The lowest BCUT2D eigenvalue weighted by Crippen LogP contribution is -2.21. The van der Waals surface area contributed by atoms with Crippen LogP contribution in [0.3, 0.4) is 0 Å². The summed E-state index contributed by atoms with van der Waals surface area (Å²) in [6.45, 7) is 0. The van der Waals surface area contributed by atoms with Gasteiger partial charge in [-0.3, -0.25) is 4.68 Å². The number of para-hydroxylation sites is 1. The van der Waals surface area contributed by atoms with Gasteiger partial charge in [-0.2, -0.15) is 23.5 Å². The highest BCUT2D eigenvalue weighted by molar-refractivity contribution is 5.99. The molecule has 3 aromatic heterocycles. The van der Waals surface area contributed by atoms with E-state index in [0.29, 0.717) is 11.4 Å². The van der Waals surface area contributed by atoms with Gasteiger partial charge < -0.3 is 20.7 Å². The van der Waals surface area contributed by atoms with Crippen molar-refractivity contribution in [1.82, 2.24) is 24.7 Å². The van der Waals surface area contributed by atoms with Crippen molar-refractivity contribution in [2.45, 2.75) is 18.6 Å². The molecule has 0 radical (unpaired) electrons. The number of aromatic amines is 1. The fourth-order valence-corrected chi connectivity index (χ4v) is 3.82. The average molecular weight is 563 g/mol. The highest BCUT2D eigenvalue weighted by Gasteiger charge is 2.38. The molecule has 208 valence electrons. The van der Waals surface area contributed by atoms with Crippen LogP contribution in [0.25, 0.3) is 22.3 Å². The molecule has 5 aromatic rings. The molecule has 0 aliphatic carbocycles. The third-order valence-electron chi connectivity index (χ3n) is 5.64. The minimum Gasteiger partial charge on any atom is -0.475 e. The van der Waals surface area contributed by atoms with E-state index in [4.69, 9.17) is 9.90 Å². The van der Waals surface area contributed by atoms with Crippen LogP contribution in [0.1, 0.15) is 18.0 Å². The number of H-pyrrole nitrogens is 1. The molecule has 5 rings (SSSR count). The molecule has 11 nitrogen and oxygen atoms in total. The zero-order valence-electron chi connectivity index (χ0n) is 21.0. The van der Waals surface area contributed by atoms with Crippen LogP contribution in [0.4, 0.5) is 29.3 Å².